The van der Waals surface area contributed by atoms with Crippen LogP contribution < -0.4 is 10.9 Å². The molecule has 29 heavy (non-hydrogen) atoms. The molecule has 0 bridgehead atoms. The Bertz CT molecular complexity index is 1240. The predicted molar refractivity (Wildman–Crippen MR) is 112 cm³/mol. The molecule has 0 atom stereocenters. The van der Waals surface area contributed by atoms with Crippen LogP contribution in [0.2, 0.25) is 0 Å². The molecule has 0 radical (unpaired) electrons. The molecule has 4 aromatic rings. The molecule has 4 rings (SSSR count). The summed E-state index contributed by atoms with van der Waals surface area (Å²) in [4.78, 5) is 27.5. The second-order valence-electron chi connectivity index (χ2n) is 7.15. The zero-order valence-corrected chi connectivity index (χ0v) is 16.3. The van der Waals surface area contributed by atoms with Crippen LogP contribution in [-0.4, -0.2) is 16.0 Å². The molecule has 1 amide bonds. The minimum Gasteiger partial charge on any atom is -0.356 e. The van der Waals surface area contributed by atoms with Gasteiger partial charge < -0.3 is 14.8 Å². The highest BCUT2D eigenvalue weighted by Crippen LogP contribution is 2.20. The Balaban J connectivity index is 1.43. The number of nitrogens with one attached hydrogen (secondary N) is 2. The third-order valence-corrected chi connectivity index (χ3v) is 4.97. The fourth-order valence-corrected chi connectivity index (χ4v) is 3.21. The maximum absolute atomic E-state index is 12.3. The highest BCUT2D eigenvalue weighted by Gasteiger charge is 2.12. The summed E-state index contributed by atoms with van der Waals surface area (Å²) in [6, 6.07) is 17.1. The first-order valence-electron chi connectivity index (χ1n) is 9.40. The highest BCUT2D eigenvalue weighted by molar-refractivity contribution is 5.81. The van der Waals surface area contributed by atoms with Gasteiger partial charge in [-0.05, 0) is 48.6 Å². The van der Waals surface area contributed by atoms with Crippen molar-refractivity contribution in [2.45, 2.75) is 26.8 Å². The summed E-state index contributed by atoms with van der Waals surface area (Å²) in [6.45, 7) is 4.19. The molecule has 0 spiro atoms. The number of pyridine rings is 1. The van der Waals surface area contributed by atoms with Crippen molar-refractivity contribution in [1.29, 1.82) is 0 Å². The SMILES string of the molecule is Cc1cc2cc(CNC(=O)Cc3cc(-c4ccccc4)on3)c(=O)[nH]c2cc1C. The van der Waals surface area contributed by atoms with Crippen LogP contribution in [0.15, 0.2) is 63.9 Å². The number of rotatable bonds is 5. The van der Waals surface area contributed by atoms with Crippen molar-refractivity contribution in [3.8, 4) is 11.3 Å². The average Bonchev–Trinajstić information content (AvgIpc) is 3.17. The van der Waals surface area contributed by atoms with Crippen molar-refractivity contribution in [2.75, 3.05) is 0 Å². The van der Waals surface area contributed by atoms with Gasteiger partial charge in [-0.15, -0.1) is 0 Å². The Morgan fingerprint density at radius 2 is 1.83 bits per heavy atom. The number of hydrogen-bond acceptors (Lipinski definition) is 4. The van der Waals surface area contributed by atoms with Crippen LogP contribution in [-0.2, 0) is 17.8 Å². The van der Waals surface area contributed by atoms with Crippen molar-refractivity contribution in [1.82, 2.24) is 15.5 Å². The lowest BCUT2D eigenvalue weighted by Crippen LogP contribution is -2.28. The maximum atomic E-state index is 12.3. The molecule has 0 saturated carbocycles. The number of carbonyl (C=O) groups excluding carboxylic acids is 1. The van der Waals surface area contributed by atoms with E-state index in [4.69, 9.17) is 4.52 Å². The second-order valence-corrected chi connectivity index (χ2v) is 7.15. The van der Waals surface area contributed by atoms with E-state index in [0.717, 1.165) is 27.6 Å². The minimum atomic E-state index is -0.225. The number of carbonyl (C=O) groups is 1. The first kappa shape index (κ1) is 18.7. The number of aromatic amines is 1. The van der Waals surface area contributed by atoms with E-state index in [1.54, 1.807) is 6.07 Å². The molecule has 0 fully saturated rings. The molecular weight excluding hydrogens is 366 g/mol. The number of fused-ring (bicyclic) bond motifs is 1. The van der Waals surface area contributed by atoms with E-state index >= 15 is 0 Å². The molecule has 2 aromatic heterocycles. The summed E-state index contributed by atoms with van der Waals surface area (Å²) in [5.74, 6) is 0.391. The third-order valence-electron chi connectivity index (χ3n) is 4.97. The second kappa shape index (κ2) is 7.75. The monoisotopic (exact) mass is 387 g/mol. The van der Waals surface area contributed by atoms with Crippen LogP contribution in [0.5, 0.6) is 0 Å². The number of hydrogen-bond donors (Lipinski definition) is 2. The van der Waals surface area contributed by atoms with E-state index in [2.05, 4.69) is 15.5 Å². The topological polar surface area (TPSA) is 88.0 Å². The smallest absolute Gasteiger partial charge is 0.253 e. The number of amides is 1. The van der Waals surface area contributed by atoms with E-state index in [-0.39, 0.29) is 24.4 Å². The number of aryl methyl sites for hydroxylation is 2. The molecule has 0 unspecified atom stereocenters. The van der Waals surface area contributed by atoms with Gasteiger partial charge in [0.1, 0.15) is 0 Å². The van der Waals surface area contributed by atoms with Crippen molar-refractivity contribution in [2.24, 2.45) is 0 Å². The molecule has 6 heteroatoms. The molecule has 2 N–H and O–H groups in total. The molecule has 0 aliphatic carbocycles. The van der Waals surface area contributed by atoms with E-state index < -0.39 is 0 Å². The first-order valence-corrected chi connectivity index (χ1v) is 9.40. The van der Waals surface area contributed by atoms with Crippen LogP contribution >= 0.6 is 0 Å². The summed E-state index contributed by atoms with van der Waals surface area (Å²) in [6.07, 6.45) is 0.0835. The fourth-order valence-electron chi connectivity index (χ4n) is 3.21. The van der Waals surface area contributed by atoms with Crippen molar-refractivity contribution in [3.05, 3.63) is 87.3 Å². The zero-order chi connectivity index (χ0) is 20.4. The van der Waals surface area contributed by atoms with Gasteiger partial charge in [-0.1, -0.05) is 35.5 Å². The fraction of sp³-hybridized carbons (Fsp3) is 0.174. The minimum absolute atomic E-state index is 0.0835. The lowest BCUT2D eigenvalue weighted by atomic mass is 10.0. The Hall–Kier alpha value is -3.67. The standard InChI is InChI=1S/C23H21N3O3/c1-14-8-17-10-18(23(28)25-20(17)9-15(14)2)13-24-22(27)12-19-11-21(29-26-19)16-6-4-3-5-7-16/h3-11H,12-13H2,1-2H3,(H,24,27)(H,25,28). The molecule has 0 aliphatic rings. The van der Waals surface area contributed by atoms with E-state index in [1.807, 2.05) is 62.4 Å². The van der Waals surface area contributed by atoms with Crippen LogP contribution in [0.25, 0.3) is 22.2 Å². The third kappa shape index (κ3) is 4.11. The first-order chi connectivity index (χ1) is 14.0. The van der Waals surface area contributed by atoms with Crippen LogP contribution in [0.4, 0.5) is 0 Å². The van der Waals surface area contributed by atoms with E-state index in [1.165, 1.54) is 0 Å². The lowest BCUT2D eigenvalue weighted by Gasteiger charge is -2.07. The number of nitrogens with zero attached hydrogens (tertiary/aromatic N) is 1. The Kier molecular flexibility index (Phi) is 4.99. The Morgan fingerprint density at radius 3 is 2.62 bits per heavy atom. The van der Waals surface area contributed by atoms with Crippen molar-refractivity contribution < 1.29 is 9.32 Å². The molecule has 0 saturated heterocycles. The summed E-state index contributed by atoms with van der Waals surface area (Å²) in [5, 5.41) is 7.69. The van der Waals surface area contributed by atoms with Crippen LogP contribution in [0.1, 0.15) is 22.4 Å². The molecule has 0 aliphatic heterocycles. The number of aromatic nitrogens is 2. The van der Waals surface area contributed by atoms with Crippen LogP contribution in [0.3, 0.4) is 0 Å². The van der Waals surface area contributed by atoms with Gasteiger partial charge in [-0.25, -0.2) is 0 Å². The number of benzene rings is 2. The molecular formula is C23H21N3O3. The Morgan fingerprint density at radius 1 is 1.07 bits per heavy atom. The summed E-state index contributed by atoms with van der Waals surface area (Å²) >= 11 is 0. The van der Waals surface area contributed by atoms with Gasteiger partial charge in [0.05, 0.1) is 12.1 Å². The highest BCUT2D eigenvalue weighted by atomic mass is 16.5. The van der Waals surface area contributed by atoms with Gasteiger partial charge >= 0.3 is 0 Å². The van der Waals surface area contributed by atoms with Gasteiger partial charge in [0, 0.05) is 29.3 Å². The van der Waals surface area contributed by atoms with Crippen molar-refractivity contribution >= 4 is 16.8 Å². The summed E-state index contributed by atoms with van der Waals surface area (Å²) in [5.41, 5.74) is 4.83. The van der Waals surface area contributed by atoms with Gasteiger partial charge in [-0.2, -0.15) is 0 Å². The maximum Gasteiger partial charge on any atom is 0.253 e. The zero-order valence-electron chi connectivity index (χ0n) is 16.3. The molecule has 146 valence electrons. The molecule has 2 aromatic carbocycles. The normalized spacial score (nSPS) is 11.0. The summed E-state index contributed by atoms with van der Waals surface area (Å²) in [7, 11) is 0. The quantitative estimate of drug-likeness (QED) is 0.547. The number of H-pyrrole nitrogens is 1. The molecule has 6 nitrogen and oxygen atoms in total. The summed E-state index contributed by atoms with van der Waals surface area (Å²) < 4.78 is 5.32. The molecule has 2 heterocycles. The van der Waals surface area contributed by atoms with Gasteiger partial charge in [-0.3, -0.25) is 9.59 Å². The average molecular weight is 387 g/mol. The predicted octanol–water partition coefficient (Wildman–Crippen LogP) is 3.66. The Labute approximate surface area is 167 Å². The lowest BCUT2D eigenvalue weighted by molar-refractivity contribution is -0.120. The van der Waals surface area contributed by atoms with Crippen molar-refractivity contribution in [3.63, 3.8) is 0 Å². The van der Waals surface area contributed by atoms with Gasteiger partial charge in [0.25, 0.3) is 5.56 Å². The van der Waals surface area contributed by atoms with Gasteiger partial charge in [0.15, 0.2) is 5.76 Å². The van der Waals surface area contributed by atoms with E-state index in [0.29, 0.717) is 17.0 Å². The van der Waals surface area contributed by atoms with Crippen LogP contribution in [0, 0.1) is 13.8 Å². The van der Waals surface area contributed by atoms with Gasteiger partial charge in [0.2, 0.25) is 5.91 Å². The van der Waals surface area contributed by atoms with E-state index in [9.17, 15) is 9.59 Å². The largest absolute Gasteiger partial charge is 0.356 e.